The minimum Gasteiger partial charge on any atom is -0.482 e. The molecular weight excluding hydrogens is 252 g/mol. The fraction of sp³-hybridized carbons (Fsp3) is 0.375. The van der Waals surface area contributed by atoms with Crippen LogP contribution in [0.3, 0.4) is 0 Å². The molecule has 0 saturated heterocycles. The van der Waals surface area contributed by atoms with E-state index in [2.05, 4.69) is 29.0 Å². The molecule has 0 unspecified atom stereocenters. The van der Waals surface area contributed by atoms with Crippen LogP contribution in [0.15, 0.2) is 47.2 Å². The molecule has 4 nitrogen and oxygen atoms in total. The largest absolute Gasteiger partial charge is 0.482 e. The molecule has 0 bridgehead atoms. The van der Waals surface area contributed by atoms with E-state index in [-0.39, 0.29) is 12.0 Å². The van der Waals surface area contributed by atoms with Gasteiger partial charge in [-0.25, -0.2) is 0 Å². The number of fused-ring (bicyclic) bond motifs is 1. The highest BCUT2D eigenvalue weighted by Gasteiger charge is 2.32. The van der Waals surface area contributed by atoms with Crippen molar-refractivity contribution >= 4 is 5.88 Å². The van der Waals surface area contributed by atoms with E-state index in [0.29, 0.717) is 0 Å². The normalized spacial score (nSPS) is 21.4. The zero-order valence-corrected chi connectivity index (χ0v) is 11.9. The van der Waals surface area contributed by atoms with E-state index in [1.54, 1.807) is 13.4 Å². The van der Waals surface area contributed by atoms with Crippen molar-refractivity contribution in [3.8, 4) is 0 Å². The highest BCUT2D eigenvalue weighted by atomic mass is 16.5. The van der Waals surface area contributed by atoms with E-state index in [1.165, 1.54) is 5.69 Å². The zero-order valence-electron chi connectivity index (χ0n) is 11.9. The van der Waals surface area contributed by atoms with Gasteiger partial charge < -0.3 is 14.5 Å². The van der Waals surface area contributed by atoms with Gasteiger partial charge in [0.05, 0.1) is 25.3 Å². The Morgan fingerprint density at radius 1 is 1.35 bits per heavy atom. The summed E-state index contributed by atoms with van der Waals surface area (Å²) in [6, 6.07) is 8.34. The van der Waals surface area contributed by atoms with Crippen molar-refractivity contribution in [2.24, 2.45) is 0 Å². The molecule has 2 aromatic rings. The van der Waals surface area contributed by atoms with Crippen LogP contribution in [-0.2, 0) is 4.74 Å². The van der Waals surface area contributed by atoms with Crippen LogP contribution >= 0.6 is 0 Å². The van der Waals surface area contributed by atoms with Crippen LogP contribution in [0.25, 0.3) is 5.88 Å². The van der Waals surface area contributed by atoms with E-state index in [0.717, 1.165) is 24.6 Å². The lowest BCUT2D eigenvalue weighted by Gasteiger charge is -2.31. The third kappa shape index (κ3) is 2.16. The Hall–Kier alpha value is -1.94. The molecule has 20 heavy (non-hydrogen) atoms. The van der Waals surface area contributed by atoms with Crippen molar-refractivity contribution < 1.29 is 9.15 Å². The van der Waals surface area contributed by atoms with Crippen LogP contribution in [0, 0.1) is 0 Å². The second-order valence-electron chi connectivity index (χ2n) is 4.99. The van der Waals surface area contributed by atoms with Crippen molar-refractivity contribution in [1.29, 1.82) is 0 Å². The van der Waals surface area contributed by atoms with Crippen LogP contribution in [-0.4, -0.2) is 18.2 Å². The minimum atomic E-state index is 0.147. The highest BCUT2D eigenvalue weighted by Crippen LogP contribution is 2.39. The molecule has 1 N–H and O–H groups in total. The van der Waals surface area contributed by atoms with Crippen molar-refractivity contribution in [1.82, 2.24) is 9.88 Å². The van der Waals surface area contributed by atoms with Crippen LogP contribution in [0.5, 0.6) is 0 Å². The fourth-order valence-electron chi connectivity index (χ4n) is 2.79. The highest BCUT2D eigenvalue weighted by molar-refractivity contribution is 5.48. The Morgan fingerprint density at radius 2 is 2.25 bits per heavy atom. The summed E-state index contributed by atoms with van der Waals surface area (Å²) >= 11 is 0. The molecule has 1 aliphatic rings. The second kappa shape index (κ2) is 5.59. The van der Waals surface area contributed by atoms with E-state index in [9.17, 15) is 0 Å². The van der Waals surface area contributed by atoms with E-state index < -0.39 is 0 Å². The quantitative estimate of drug-likeness (QED) is 0.907. The number of rotatable bonds is 5. The number of methoxy groups -OCH3 is 1. The molecule has 0 fully saturated rings. The van der Waals surface area contributed by atoms with Crippen LogP contribution in [0.4, 0.5) is 0 Å². The maximum Gasteiger partial charge on any atom is 0.194 e. The lowest BCUT2D eigenvalue weighted by Crippen LogP contribution is -2.31. The summed E-state index contributed by atoms with van der Waals surface area (Å²) in [6.07, 6.45) is 6.98. The maximum absolute atomic E-state index is 5.62. The number of furan rings is 1. The standard InChI is InChI=1S/C16H20N2O2/c1-3-8-17-16-12(14-7-5-10-20-14)11-15(19-2)18-9-4-6-13(16)18/h4-7,9-12,16-17H,3,8H2,1-2H3/t12-,16-/m0/s1. The lowest BCUT2D eigenvalue weighted by molar-refractivity contribution is 0.317. The first-order valence-electron chi connectivity index (χ1n) is 7.05. The molecule has 0 saturated carbocycles. The summed E-state index contributed by atoms with van der Waals surface area (Å²) in [5, 5.41) is 3.62. The van der Waals surface area contributed by atoms with Gasteiger partial charge in [-0.05, 0) is 43.3 Å². The lowest BCUT2D eigenvalue weighted by atomic mass is 9.91. The monoisotopic (exact) mass is 272 g/mol. The average molecular weight is 272 g/mol. The third-order valence-corrected chi connectivity index (χ3v) is 3.71. The molecule has 2 aromatic heterocycles. The Labute approximate surface area is 119 Å². The van der Waals surface area contributed by atoms with Gasteiger partial charge in [0.15, 0.2) is 5.88 Å². The average Bonchev–Trinajstić information content (AvgIpc) is 3.14. The van der Waals surface area contributed by atoms with Crippen LogP contribution in [0.1, 0.15) is 36.8 Å². The summed E-state index contributed by atoms with van der Waals surface area (Å²) in [5.74, 6) is 1.95. The Bertz CT molecular complexity index is 583. The van der Waals surface area contributed by atoms with Gasteiger partial charge in [-0.1, -0.05) is 6.92 Å². The summed E-state index contributed by atoms with van der Waals surface area (Å²) < 4.78 is 13.2. The van der Waals surface area contributed by atoms with Crippen molar-refractivity contribution in [3.05, 3.63) is 54.3 Å². The molecule has 3 rings (SSSR count). The summed E-state index contributed by atoms with van der Waals surface area (Å²) in [7, 11) is 1.70. The Kier molecular flexibility index (Phi) is 3.65. The summed E-state index contributed by atoms with van der Waals surface area (Å²) in [6.45, 7) is 3.15. The molecule has 0 radical (unpaired) electrons. The first-order valence-corrected chi connectivity index (χ1v) is 7.05. The van der Waals surface area contributed by atoms with Crippen molar-refractivity contribution in [2.75, 3.05) is 13.7 Å². The predicted molar refractivity (Wildman–Crippen MR) is 78.2 cm³/mol. The Balaban J connectivity index is 2.02. The number of hydrogen-bond donors (Lipinski definition) is 1. The van der Waals surface area contributed by atoms with Crippen molar-refractivity contribution in [3.63, 3.8) is 0 Å². The van der Waals surface area contributed by atoms with Crippen molar-refractivity contribution in [2.45, 2.75) is 25.3 Å². The molecule has 4 heteroatoms. The molecule has 106 valence electrons. The molecule has 3 heterocycles. The van der Waals surface area contributed by atoms with Gasteiger partial charge in [0.1, 0.15) is 5.76 Å². The topological polar surface area (TPSA) is 39.3 Å². The molecule has 1 aliphatic heterocycles. The summed E-state index contributed by atoms with van der Waals surface area (Å²) in [4.78, 5) is 0. The number of aromatic nitrogens is 1. The number of ether oxygens (including phenoxy) is 1. The number of hydrogen-bond acceptors (Lipinski definition) is 3. The summed E-state index contributed by atoms with van der Waals surface area (Å²) in [5.41, 5.74) is 1.21. The molecule has 0 aromatic carbocycles. The van der Waals surface area contributed by atoms with Gasteiger partial charge in [0.2, 0.25) is 0 Å². The SMILES string of the molecule is CCCN[C@@H]1c2cccn2C(OC)=C[C@H]1c1ccco1. The van der Waals surface area contributed by atoms with Gasteiger partial charge in [-0.2, -0.15) is 0 Å². The maximum atomic E-state index is 5.62. The smallest absolute Gasteiger partial charge is 0.194 e. The second-order valence-corrected chi connectivity index (χ2v) is 4.99. The van der Waals surface area contributed by atoms with Gasteiger partial charge in [-0.3, -0.25) is 4.57 Å². The van der Waals surface area contributed by atoms with Crippen LogP contribution in [0.2, 0.25) is 0 Å². The number of nitrogens with zero attached hydrogens (tertiary/aromatic N) is 1. The number of nitrogens with one attached hydrogen (secondary N) is 1. The van der Waals surface area contributed by atoms with Gasteiger partial charge in [0, 0.05) is 11.9 Å². The fourth-order valence-corrected chi connectivity index (χ4v) is 2.79. The van der Waals surface area contributed by atoms with Gasteiger partial charge >= 0.3 is 0 Å². The first kappa shape index (κ1) is 13.1. The van der Waals surface area contributed by atoms with E-state index in [1.807, 2.05) is 24.4 Å². The molecule has 0 aliphatic carbocycles. The molecule has 0 spiro atoms. The van der Waals surface area contributed by atoms with E-state index in [4.69, 9.17) is 9.15 Å². The molecule has 2 atom stereocenters. The van der Waals surface area contributed by atoms with E-state index >= 15 is 0 Å². The zero-order chi connectivity index (χ0) is 13.9. The van der Waals surface area contributed by atoms with Crippen LogP contribution < -0.4 is 5.32 Å². The third-order valence-electron chi connectivity index (χ3n) is 3.71. The van der Waals surface area contributed by atoms with Gasteiger partial charge in [-0.15, -0.1) is 0 Å². The van der Waals surface area contributed by atoms with Gasteiger partial charge in [0.25, 0.3) is 0 Å². The Morgan fingerprint density at radius 3 is 2.95 bits per heavy atom. The predicted octanol–water partition coefficient (Wildman–Crippen LogP) is 3.36. The first-order chi connectivity index (χ1) is 9.85. The molecule has 0 amide bonds. The molecular formula is C16H20N2O2. The minimum absolute atomic E-state index is 0.147.